The van der Waals surface area contributed by atoms with Gasteiger partial charge in [0.05, 0.1) is 18.1 Å². The summed E-state index contributed by atoms with van der Waals surface area (Å²) in [4.78, 5) is 25.4. The number of halogens is 1. The Bertz CT molecular complexity index is 567. The minimum atomic E-state index is -0.364. The van der Waals surface area contributed by atoms with Crippen molar-refractivity contribution in [2.24, 2.45) is 0 Å². The van der Waals surface area contributed by atoms with Gasteiger partial charge < -0.3 is 9.64 Å². The van der Waals surface area contributed by atoms with Crippen molar-refractivity contribution in [1.29, 1.82) is 0 Å². The molecule has 0 fully saturated rings. The van der Waals surface area contributed by atoms with Crippen molar-refractivity contribution in [3.05, 3.63) is 23.8 Å². The van der Waals surface area contributed by atoms with Crippen molar-refractivity contribution in [3.63, 3.8) is 0 Å². The molecule has 5 heteroatoms. The van der Waals surface area contributed by atoms with Gasteiger partial charge in [0.25, 0.3) is 0 Å². The lowest BCUT2D eigenvalue weighted by Crippen LogP contribution is -2.51. The maximum atomic E-state index is 12.0. The summed E-state index contributed by atoms with van der Waals surface area (Å²) >= 11 is 5.60. The average Bonchev–Trinajstić information content (AvgIpc) is 2.52. The van der Waals surface area contributed by atoms with E-state index < -0.39 is 0 Å². The number of hydrogen-bond donors (Lipinski definition) is 0. The number of rotatable bonds is 4. The number of carbonyl (C=O) groups excluding carboxylic acids is 2. The summed E-state index contributed by atoms with van der Waals surface area (Å²) in [7, 11) is 0. The van der Waals surface area contributed by atoms with Gasteiger partial charge in [0, 0.05) is 12.5 Å². The highest BCUT2D eigenvalue weighted by atomic mass is 35.5. The first-order valence-corrected chi connectivity index (χ1v) is 7.70. The molecule has 4 nitrogen and oxygen atoms in total. The highest BCUT2D eigenvalue weighted by Gasteiger charge is 2.38. The maximum Gasteiger partial charge on any atom is 0.224 e. The predicted octanol–water partition coefficient (Wildman–Crippen LogP) is 3.41. The normalized spacial score (nSPS) is 16.1. The summed E-state index contributed by atoms with van der Waals surface area (Å²) in [5.41, 5.74) is 0.784. The minimum Gasteiger partial charge on any atom is -0.483 e. The van der Waals surface area contributed by atoms with Crippen LogP contribution in [0.4, 0.5) is 5.69 Å². The highest BCUT2D eigenvalue weighted by molar-refractivity contribution is 6.30. The topological polar surface area (TPSA) is 46.6 Å². The molecule has 1 aliphatic rings. The van der Waals surface area contributed by atoms with Gasteiger partial charge in [-0.2, -0.15) is 0 Å². The van der Waals surface area contributed by atoms with Gasteiger partial charge in [-0.1, -0.05) is 13.8 Å². The third-order valence-electron chi connectivity index (χ3n) is 4.13. The maximum absolute atomic E-state index is 12.0. The standard InChI is InChI=1S/C16H20ClNO3/c1-4-16(5-2)10-18(11(3)19)13-8-12(14(20)9-17)6-7-15(13)21-16/h6-8H,4-5,9-10H2,1-3H3. The number of anilines is 1. The Kier molecular flexibility index (Phi) is 4.57. The van der Waals surface area contributed by atoms with E-state index in [-0.39, 0.29) is 23.2 Å². The number of Topliss-reactive ketones (excluding diaryl/α,β-unsaturated/α-hetero) is 1. The molecule has 0 spiro atoms. The molecular weight excluding hydrogens is 290 g/mol. The van der Waals surface area contributed by atoms with Crippen LogP contribution in [-0.2, 0) is 4.79 Å². The fraction of sp³-hybridized carbons (Fsp3) is 0.500. The van der Waals surface area contributed by atoms with Crippen LogP contribution in [0.5, 0.6) is 5.75 Å². The van der Waals surface area contributed by atoms with E-state index in [1.165, 1.54) is 6.92 Å². The Labute approximate surface area is 130 Å². The van der Waals surface area contributed by atoms with E-state index in [2.05, 4.69) is 13.8 Å². The van der Waals surface area contributed by atoms with Gasteiger partial charge in [0.2, 0.25) is 5.91 Å². The number of benzene rings is 1. The third-order valence-corrected chi connectivity index (χ3v) is 4.38. The summed E-state index contributed by atoms with van der Waals surface area (Å²) in [6.45, 7) is 6.14. The molecule has 2 rings (SSSR count). The number of ether oxygens (including phenoxy) is 1. The van der Waals surface area contributed by atoms with Crippen LogP contribution >= 0.6 is 11.6 Å². The fourth-order valence-electron chi connectivity index (χ4n) is 2.60. The SMILES string of the molecule is CCC1(CC)CN(C(C)=O)c2cc(C(=O)CCl)ccc2O1. The van der Waals surface area contributed by atoms with Crippen LogP contribution in [-0.4, -0.2) is 29.7 Å². The van der Waals surface area contributed by atoms with Crippen LogP contribution in [0.3, 0.4) is 0 Å². The van der Waals surface area contributed by atoms with Gasteiger partial charge in [-0.05, 0) is 31.0 Å². The minimum absolute atomic E-state index is 0.0544. The van der Waals surface area contributed by atoms with Crippen molar-refractivity contribution < 1.29 is 14.3 Å². The molecule has 114 valence electrons. The first kappa shape index (κ1) is 15.8. The van der Waals surface area contributed by atoms with Crippen LogP contribution in [0, 0.1) is 0 Å². The number of nitrogens with zero attached hydrogens (tertiary/aromatic N) is 1. The monoisotopic (exact) mass is 309 g/mol. The second-order valence-electron chi connectivity index (χ2n) is 5.34. The van der Waals surface area contributed by atoms with E-state index in [1.54, 1.807) is 23.1 Å². The largest absolute Gasteiger partial charge is 0.483 e. The lowest BCUT2D eigenvalue weighted by atomic mass is 9.93. The summed E-state index contributed by atoms with van der Waals surface area (Å²) < 4.78 is 6.13. The van der Waals surface area contributed by atoms with Gasteiger partial charge in [-0.15, -0.1) is 11.6 Å². The molecule has 0 aliphatic carbocycles. The van der Waals surface area contributed by atoms with Gasteiger partial charge in [-0.25, -0.2) is 0 Å². The summed E-state index contributed by atoms with van der Waals surface area (Å²) in [6.07, 6.45) is 1.63. The molecule has 0 unspecified atom stereocenters. The molecule has 1 aliphatic heterocycles. The summed E-state index contributed by atoms with van der Waals surface area (Å²) in [5.74, 6) is 0.353. The quantitative estimate of drug-likeness (QED) is 0.632. The van der Waals surface area contributed by atoms with Crippen LogP contribution in [0.25, 0.3) is 0 Å². The molecule has 1 aromatic rings. The molecule has 0 radical (unpaired) electrons. The molecule has 0 bridgehead atoms. The Hall–Kier alpha value is -1.55. The zero-order valence-electron chi connectivity index (χ0n) is 12.6. The smallest absolute Gasteiger partial charge is 0.224 e. The second-order valence-corrected chi connectivity index (χ2v) is 5.60. The van der Waals surface area contributed by atoms with E-state index >= 15 is 0 Å². The number of ketones is 1. The van der Waals surface area contributed by atoms with Crippen molar-refractivity contribution >= 4 is 29.0 Å². The average molecular weight is 310 g/mol. The predicted molar refractivity (Wildman–Crippen MR) is 83.5 cm³/mol. The number of fused-ring (bicyclic) bond motifs is 1. The van der Waals surface area contributed by atoms with Crippen molar-refractivity contribution in [2.45, 2.75) is 39.2 Å². The number of hydrogen-bond acceptors (Lipinski definition) is 3. The van der Waals surface area contributed by atoms with E-state index in [9.17, 15) is 9.59 Å². The van der Waals surface area contributed by atoms with Gasteiger partial charge in [0.15, 0.2) is 5.78 Å². The molecule has 0 N–H and O–H groups in total. The molecule has 1 amide bonds. The zero-order valence-corrected chi connectivity index (χ0v) is 13.4. The molecule has 1 heterocycles. The third kappa shape index (κ3) is 2.91. The van der Waals surface area contributed by atoms with E-state index in [0.29, 0.717) is 23.5 Å². The van der Waals surface area contributed by atoms with Crippen molar-refractivity contribution in [2.75, 3.05) is 17.3 Å². The van der Waals surface area contributed by atoms with Crippen LogP contribution in [0.15, 0.2) is 18.2 Å². The van der Waals surface area contributed by atoms with E-state index in [1.807, 2.05) is 0 Å². The highest BCUT2D eigenvalue weighted by Crippen LogP contribution is 2.40. The first-order chi connectivity index (χ1) is 9.96. The number of carbonyl (C=O) groups is 2. The molecule has 0 aromatic heterocycles. The zero-order chi connectivity index (χ0) is 15.6. The van der Waals surface area contributed by atoms with Gasteiger partial charge in [-0.3, -0.25) is 9.59 Å². The Morgan fingerprint density at radius 3 is 2.52 bits per heavy atom. The molecular formula is C16H20ClNO3. The fourth-order valence-corrected chi connectivity index (χ4v) is 2.76. The number of amides is 1. The first-order valence-electron chi connectivity index (χ1n) is 7.16. The van der Waals surface area contributed by atoms with Crippen LogP contribution in [0.2, 0.25) is 0 Å². The Balaban J connectivity index is 2.50. The molecule has 0 saturated heterocycles. The molecule has 0 saturated carbocycles. The van der Waals surface area contributed by atoms with Crippen LogP contribution in [0.1, 0.15) is 44.0 Å². The Morgan fingerprint density at radius 2 is 2.00 bits per heavy atom. The molecule has 0 atom stereocenters. The van der Waals surface area contributed by atoms with Crippen molar-refractivity contribution in [3.8, 4) is 5.75 Å². The lowest BCUT2D eigenvalue weighted by molar-refractivity contribution is -0.117. The Morgan fingerprint density at radius 1 is 1.33 bits per heavy atom. The van der Waals surface area contributed by atoms with Crippen LogP contribution < -0.4 is 9.64 Å². The van der Waals surface area contributed by atoms with Gasteiger partial charge >= 0.3 is 0 Å². The van der Waals surface area contributed by atoms with E-state index in [0.717, 1.165) is 12.8 Å². The lowest BCUT2D eigenvalue weighted by Gasteiger charge is -2.43. The summed E-state index contributed by atoms with van der Waals surface area (Å²) in [5, 5.41) is 0. The van der Waals surface area contributed by atoms with Gasteiger partial charge in [0.1, 0.15) is 11.4 Å². The van der Waals surface area contributed by atoms with E-state index in [4.69, 9.17) is 16.3 Å². The second kappa shape index (κ2) is 6.06. The summed E-state index contributed by atoms with van der Waals surface area (Å²) in [6, 6.07) is 5.14. The molecule has 21 heavy (non-hydrogen) atoms. The molecule has 1 aromatic carbocycles. The number of alkyl halides is 1. The van der Waals surface area contributed by atoms with Crippen molar-refractivity contribution in [1.82, 2.24) is 0 Å².